The van der Waals surface area contributed by atoms with E-state index < -0.39 is 10.0 Å². The average molecular weight is 301 g/mol. The molecule has 0 saturated carbocycles. The number of nitrogens with two attached hydrogens (primary N) is 1. The molecule has 0 atom stereocenters. The second-order valence-electron chi connectivity index (χ2n) is 4.05. The van der Waals surface area contributed by atoms with Crippen molar-refractivity contribution in [1.82, 2.24) is 14.5 Å². The van der Waals surface area contributed by atoms with Gasteiger partial charge >= 0.3 is 0 Å². The molecule has 0 saturated heterocycles. The Bertz CT molecular complexity index is 670. The van der Waals surface area contributed by atoms with Crippen molar-refractivity contribution in [3.05, 3.63) is 41.2 Å². The van der Waals surface area contributed by atoms with Crippen LogP contribution in [-0.2, 0) is 16.6 Å². The van der Waals surface area contributed by atoms with E-state index in [2.05, 4.69) is 10.2 Å². The molecule has 1 aromatic carbocycles. The third-order valence-corrected chi connectivity index (χ3v) is 4.73. The van der Waals surface area contributed by atoms with Crippen LogP contribution in [0.1, 0.15) is 5.56 Å². The van der Waals surface area contributed by atoms with Crippen LogP contribution in [0.15, 0.2) is 35.5 Å². The van der Waals surface area contributed by atoms with Crippen LogP contribution >= 0.6 is 11.6 Å². The lowest BCUT2D eigenvalue weighted by molar-refractivity contribution is 0.467. The van der Waals surface area contributed by atoms with Crippen molar-refractivity contribution in [2.75, 3.05) is 12.8 Å². The van der Waals surface area contributed by atoms with Gasteiger partial charge in [-0.3, -0.25) is 5.10 Å². The Morgan fingerprint density at radius 2 is 2.21 bits per heavy atom. The van der Waals surface area contributed by atoms with Gasteiger partial charge in [0.1, 0.15) is 4.90 Å². The second kappa shape index (κ2) is 5.20. The number of hydrogen-bond donors (Lipinski definition) is 2. The topological polar surface area (TPSA) is 92.1 Å². The fraction of sp³-hybridized carbons (Fsp3) is 0.182. The van der Waals surface area contributed by atoms with Gasteiger partial charge < -0.3 is 5.73 Å². The fourth-order valence-corrected chi connectivity index (χ4v) is 3.06. The maximum Gasteiger partial charge on any atom is 0.245 e. The van der Waals surface area contributed by atoms with Gasteiger partial charge in [0.2, 0.25) is 10.0 Å². The van der Waals surface area contributed by atoms with Crippen molar-refractivity contribution in [3.8, 4) is 0 Å². The quantitative estimate of drug-likeness (QED) is 0.836. The predicted molar refractivity (Wildman–Crippen MR) is 73.1 cm³/mol. The molecule has 0 spiro atoms. The third-order valence-electron chi connectivity index (χ3n) is 2.62. The van der Waals surface area contributed by atoms with Crippen molar-refractivity contribution >= 4 is 27.3 Å². The van der Waals surface area contributed by atoms with Gasteiger partial charge in [-0.1, -0.05) is 11.6 Å². The molecule has 3 N–H and O–H groups in total. The van der Waals surface area contributed by atoms with Crippen molar-refractivity contribution in [3.63, 3.8) is 0 Å². The summed E-state index contributed by atoms with van der Waals surface area (Å²) in [6.07, 6.45) is 3.20. The minimum atomic E-state index is -3.65. The molecule has 1 heterocycles. The van der Waals surface area contributed by atoms with E-state index in [1.165, 1.54) is 29.6 Å². The van der Waals surface area contributed by atoms with Crippen molar-refractivity contribution in [2.24, 2.45) is 0 Å². The van der Waals surface area contributed by atoms with Gasteiger partial charge in [0.15, 0.2) is 0 Å². The highest BCUT2D eigenvalue weighted by molar-refractivity contribution is 7.89. The summed E-state index contributed by atoms with van der Waals surface area (Å²) < 4.78 is 25.9. The molecule has 19 heavy (non-hydrogen) atoms. The molecular formula is C11H13ClN4O2S. The first-order chi connectivity index (χ1) is 8.91. The van der Waals surface area contributed by atoms with Crippen LogP contribution in [0.2, 0.25) is 5.02 Å². The van der Waals surface area contributed by atoms with Crippen LogP contribution in [0.5, 0.6) is 0 Å². The minimum Gasteiger partial charge on any atom is -0.398 e. The lowest BCUT2D eigenvalue weighted by Gasteiger charge is -2.17. The smallest absolute Gasteiger partial charge is 0.245 e. The number of aromatic amines is 1. The molecule has 0 radical (unpaired) electrons. The van der Waals surface area contributed by atoms with Gasteiger partial charge in [-0.15, -0.1) is 0 Å². The number of nitrogen functional groups attached to an aromatic ring is 1. The molecule has 0 unspecified atom stereocenters. The highest BCUT2D eigenvalue weighted by Gasteiger charge is 2.23. The number of rotatable bonds is 4. The first-order valence-corrected chi connectivity index (χ1v) is 7.22. The predicted octanol–water partition coefficient (Wildman–Crippen LogP) is 1.47. The largest absolute Gasteiger partial charge is 0.398 e. The van der Waals surface area contributed by atoms with Gasteiger partial charge in [0.25, 0.3) is 0 Å². The number of benzene rings is 1. The zero-order valence-electron chi connectivity index (χ0n) is 10.2. The number of nitrogens with zero attached hydrogens (tertiary/aromatic N) is 2. The van der Waals surface area contributed by atoms with E-state index in [1.54, 1.807) is 12.4 Å². The maximum atomic E-state index is 12.4. The fourth-order valence-electron chi connectivity index (χ4n) is 1.63. The van der Waals surface area contributed by atoms with E-state index in [1.807, 2.05) is 0 Å². The summed E-state index contributed by atoms with van der Waals surface area (Å²) in [5.74, 6) is 0. The second-order valence-corrected chi connectivity index (χ2v) is 6.50. The van der Waals surface area contributed by atoms with E-state index >= 15 is 0 Å². The molecular weight excluding hydrogens is 288 g/mol. The molecule has 6 nitrogen and oxygen atoms in total. The lowest BCUT2D eigenvalue weighted by atomic mass is 10.3. The molecule has 0 aliphatic rings. The highest BCUT2D eigenvalue weighted by Crippen LogP contribution is 2.25. The number of H-pyrrole nitrogens is 1. The van der Waals surface area contributed by atoms with Gasteiger partial charge in [-0.25, -0.2) is 8.42 Å². The van der Waals surface area contributed by atoms with Crippen LogP contribution in [0.4, 0.5) is 5.69 Å². The molecule has 2 aromatic rings. The van der Waals surface area contributed by atoms with Crippen LogP contribution in [-0.4, -0.2) is 30.0 Å². The molecule has 1 aromatic heterocycles. The summed E-state index contributed by atoms with van der Waals surface area (Å²) in [4.78, 5) is 0.0443. The SMILES string of the molecule is CN(Cc1cn[nH]c1)S(=O)(=O)c1ccc(Cl)cc1N. The van der Waals surface area contributed by atoms with Gasteiger partial charge in [0, 0.05) is 30.4 Å². The first kappa shape index (κ1) is 13.9. The van der Waals surface area contributed by atoms with Crippen LogP contribution in [0.3, 0.4) is 0 Å². The lowest BCUT2D eigenvalue weighted by Crippen LogP contribution is -2.27. The molecule has 0 amide bonds. The molecule has 102 valence electrons. The Kier molecular flexibility index (Phi) is 3.79. The summed E-state index contributed by atoms with van der Waals surface area (Å²) in [7, 11) is -2.17. The van der Waals surface area contributed by atoms with Crippen molar-refractivity contribution in [2.45, 2.75) is 11.4 Å². The Balaban J connectivity index is 2.31. The van der Waals surface area contributed by atoms with Crippen molar-refractivity contribution < 1.29 is 8.42 Å². The summed E-state index contributed by atoms with van der Waals surface area (Å²) in [6, 6.07) is 4.31. The molecule has 0 aliphatic carbocycles. The Labute approximate surface area is 116 Å². The highest BCUT2D eigenvalue weighted by atomic mass is 35.5. The molecule has 0 aliphatic heterocycles. The number of halogens is 1. The van der Waals surface area contributed by atoms with Gasteiger partial charge in [-0.05, 0) is 18.2 Å². The van der Waals surface area contributed by atoms with Crippen molar-refractivity contribution in [1.29, 1.82) is 0 Å². The molecule has 0 bridgehead atoms. The monoisotopic (exact) mass is 300 g/mol. The van der Waals surface area contributed by atoms with E-state index in [0.717, 1.165) is 5.56 Å². The maximum absolute atomic E-state index is 12.4. The number of nitrogens with one attached hydrogen (secondary N) is 1. The van der Waals surface area contributed by atoms with E-state index in [-0.39, 0.29) is 17.1 Å². The minimum absolute atomic E-state index is 0.0443. The molecule has 0 fully saturated rings. The average Bonchev–Trinajstić information content (AvgIpc) is 2.81. The number of sulfonamides is 1. The van der Waals surface area contributed by atoms with Gasteiger partial charge in [-0.2, -0.15) is 9.40 Å². The van der Waals surface area contributed by atoms with Crippen LogP contribution in [0.25, 0.3) is 0 Å². The number of aromatic nitrogens is 2. The standard InChI is InChI=1S/C11H13ClN4O2S/c1-16(7-8-5-14-15-6-8)19(17,18)11-3-2-9(12)4-10(11)13/h2-6H,7,13H2,1H3,(H,14,15). The summed E-state index contributed by atoms with van der Waals surface area (Å²) >= 11 is 5.76. The molecule has 2 rings (SSSR count). The molecule has 8 heteroatoms. The first-order valence-electron chi connectivity index (χ1n) is 5.40. The number of anilines is 1. The van der Waals surface area contributed by atoms with Crippen LogP contribution in [0, 0.1) is 0 Å². The van der Waals surface area contributed by atoms with E-state index in [0.29, 0.717) is 5.02 Å². The summed E-state index contributed by atoms with van der Waals surface area (Å²) in [5.41, 5.74) is 6.60. The van der Waals surface area contributed by atoms with Crippen LogP contribution < -0.4 is 5.73 Å². The van der Waals surface area contributed by atoms with E-state index in [9.17, 15) is 8.42 Å². The Morgan fingerprint density at radius 3 is 2.79 bits per heavy atom. The third kappa shape index (κ3) is 2.89. The zero-order valence-corrected chi connectivity index (χ0v) is 11.7. The van der Waals surface area contributed by atoms with E-state index in [4.69, 9.17) is 17.3 Å². The normalized spacial score (nSPS) is 11.9. The Hall–Kier alpha value is -1.57. The number of hydrogen-bond acceptors (Lipinski definition) is 4. The Morgan fingerprint density at radius 1 is 1.47 bits per heavy atom. The summed E-state index contributed by atoms with van der Waals surface area (Å²) in [5, 5.41) is 6.80. The van der Waals surface area contributed by atoms with Gasteiger partial charge in [0.05, 0.1) is 11.9 Å². The summed E-state index contributed by atoms with van der Waals surface area (Å²) in [6.45, 7) is 0.209. The zero-order chi connectivity index (χ0) is 14.0.